The van der Waals surface area contributed by atoms with Gasteiger partial charge in [-0.2, -0.15) is 5.10 Å². The zero-order valence-corrected chi connectivity index (χ0v) is 8.87. The number of aliphatic carboxylic acids is 1. The summed E-state index contributed by atoms with van der Waals surface area (Å²) in [7, 11) is 1.74. The second kappa shape index (κ2) is 4.18. The molecule has 0 saturated carbocycles. The average molecular weight is 216 g/mol. The summed E-state index contributed by atoms with van der Waals surface area (Å²) in [5.74, 6) is -1.52. The van der Waals surface area contributed by atoms with E-state index in [-0.39, 0.29) is 0 Å². The Morgan fingerprint density at radius 1 is 1.31 bits per heavy atom. The van der Waals surface area contributed by atoms with E-state index >= 15 is 0 Å². The van der Waals surface area contributed by atoms with Crippen LogP contribution >= 0.6 is 0 Å². The number of carbonyl (C=O) groups is 1. The highest BCUT2D eigenvalue weighted by molar-refractivity contribution is 5.79. The first-order valence-corrected chi connectivity index (χ1v) is 4.96. The van der Waals surface area contributed by atoms with Gasteiger partial charge in [0, 0.05) is 13.2 Å². The Morgan fingerprint density at radius 2 is 2.00 bits per heavy atom. The number of aryl methyl sites for hydroxylation is 1. The summed E-state index contributed by atoms with van der Waals surface area (Å²) in [5, 5.41) is 13.3. The lowest BCUT2D eigenvalue weighted by molar-refractivity contribution is -0.137. The van der Waals surface area contributed by atoms with Crippen LogP contribution in [0.5, 0.6) is 0 Å². The van der Waals surface area contributed by atoms with Crippen molar-refractivity contribution in [2.45, 2.75) is 5.92 Å². The Labute approximate surface area is 93.1 Å². The first kappa shape index (κ1) is 10.4. The monoisotopic (exact) mass is 216 g/mol. The zero-order chi connectivity index (χ0) is 11.5. The van der Waals surface area contributed by atoms with Gasteiger partial charge in [-0.05, 0) is 11.6 Å². The Kier molecular flexibility index (Phi) is 2.72. The fourth-order valence-electron chi connectivity index (χ4n) is 1.75. The van der Waals surface area contributed by atoms with Gasteiger partial charge >= 0.3 is 5.97 Å². The fourth-order valence-corrected chi connectivity index (χ4v) is 1.75. The number of rotatable bonds is 3. The van der Waals surface area contributed by atoms with Gasteiger partial charge in [0.2, 0.25) is 0 Å². The second-order valence-electron chi connectivity index (χ2n) is 3.56. The normalized spacial score (nSPS) is 12.3. The van der Waals surface area contributed by atoms with E-state index in [1.807, 2.05) is 30.3 Å². The molecule has 0 aliphatic carbocycles. The molecule has 1 aromatic heterocycles. The minimum Gasteiger partial charge on any atom is -0.480 e. The van der Waals surface area contributed by atoms with Crippen LogP contribution in [0.2, 0.25) is 0 Å². The van der Waals surface area contributed by atoms with E-state index in [1.54, 1.807) is 24.0 Å². The van der Waals surface area contributed by atoms with Crippen LogP contribution in [-0.2, 0) is 11.8 Å². The maximum absolute atomic E-state index is 11.3. The lowest BCUT2D eigenvalue weighted by Crippen LogP contribution is -2.16. The number of hydrogen-bond donors (Lipinski definition) is 1. The summed E-state index contributed by atoms with van der Waals surface area (Å²) in [4.78, 5) is 11.3. The number of hydrogen-bond acceptors (Lipinski definition) is 2. The van der Waals surface area contributed by atoms with Crippen molar-refractivity contribution in [2.75, 3.05) is 0 Å². The topological polar surface area (TPSA) is 55.1 Å². The Hall–Kier alpha value is -2.10. The number of nitrogens with zero attached hydrogens (tertiary/aromatic N) is 2. The van der Waals surface area contributed by atoms with Crippen LogP contribution in [0.4, 0.5) is 0 Å². The van der Waals surface area contributed by atoms with Crippen molar-refractivity contribution in [1.82, 2.24) is 9.78 Å². The third-order valence-corrected chi connectivity index (χ3v) is 2.53. The molecular weight excluding hydrogens is 204 g/mol. The van der Waals surface area contributed by atoms with E-state index in [4.69, 9.17) is 0 Å². The van der Waals surface area contributed by atoms with E-state index in [0.717, 1.165) is 5.56 Å². The largest absolute Gasteiger partial charge is 0.480 e. The first-order chi connectivity index (χ1) is 7.70. The molecule has 4 nitrogen and oxygen atoms in total. The Balaban J connectivity index is 2.48. The van der Waals surface area contributed by atoms with Crippen molar-refractivity contribution >= 4 is 5.97 Å². The molecule has 1 atom stereocenters. The third kappa shape index (κ3) is 1.82. The molecule has 0 aliphatic heterocycles. The third-order valence-electron chi connectivity index (χ3n) is 2.53. The molecule has 2 aromatic rings. The molecule has 1 aromatic carbocycles. The highest BCUT2D eigenvalue weighted by atomic mass is 16.4. The molecule has 1 N–H and O–H groups in total. The van der Waals surface area contributed by atoms with Gasteiger partial charge in [-0.1, -0.05) is 30.3 Å². The number of carboxylic acids is 1. The summed E-state index contributed by atoms with van der Waals surface area (Å²) in [6, 6.07) is 10.9. The SMILES string of the molecule is Cn1nccc1C(C(=O)O)c1ccccc1. The number of aromatic nitrogens is 2. The lowest BCUT2D eigenvalue weighted by atomic mass is 9.96. The van der Waals surface area contributed by atoms with E-state index in [9.17, 15) is 9.90 Å². The van der Waals surface area contributed by atoms with Gasteiger partial charge < -0.3 is 5.11 Å². The maximum atomic E-state index is 11.3. The van der Waals surface area contributed by atoms with Crippen molar-refractivity contribution in [3.63, 3.8) is 0 Å². The molecule has 1 heterocycles. The van der Waals surface area contributed by atoms with E-state index in [0.29, 0.717) is 5.69 Å². The van der Waals surface area contributed by atoms with Gasteiger partial charge in [0.15, 0.2) is 0 Å². The van der Waals surface area contributed by atoms with Gasteiger partial charge in [-0.3, -0.25) is 9.48 Å². The van der Waals surface area contributed by atoms with E-state index in [1.165, 1.54) is 0 Å². The van der Waals surface area contributed by atoms with Crippen LogP contribution in [0.1, 0.15) is 17.2 Å². The van der Waals surface area contributed by atoms with Crippen LogP contribution in [0.15, 0.2) is 42.6 Å². The highest BCUT2D eigenvalue weighted by Crippen LogP contribution is 2.23. The second-order valence-corrected chi connectivity index (χ2v) is 3.56. The first-order valence-electron chi connectivity index (χ1n) is 4.96. The van der Waals surface area contributed by atoms with E-state index < -0.39 is 11.9 Å². The van der Waals surface area contributed by atoms with Crippen molar-refractivity contribution < 1.29 is 9.90 Å². The molecule has 0 bridgehead atoms. The summed E-state index contributed by atoms with van der Waals surface area (Å²) in [6.45, 7) is 0. The maximum Gasteiger partial charge on any atom is 0.317 e. The van der Waals surface area contributed by atoms with Crippen molar-refractivity contribution in [3.8, 4) is 0 Å². The Morgan fingerprint density at radius 3 is 2.50 bits per heavy atom. The Bertz CT molecular complexity index is 491. The lowest BCUT2D eigenvalue weighted by Gasteiger charge is -2.12. The number of carboxylic acid groups (broad SMARTS) is 1. The molecule has 16 heavy (non-hydrogen) atoms. The quantitative estimate of drug-likeness (QED) is 0.848. The standard InChI is InChI=1S/C12H12N2O2/c1-14-10(7-8-13-14)11(12(15)16)9-5-3-2-4-6-9/h2-8,11H,1H3,(H,15,16). The van der Waals surface area contributed by atoms with Crippen molar-refractivity contribution in [1.29, 1.82) is 0 Å². The molecular formula is C12H12N2O2. The van der Waals surface area contributed by atoms with Crippen LogP contribution in [0.25, 0.3) is 0 Å². The van der Waals surface area contributed by atoms with Crippen molar-refractivity contribution in [2.24, 2.45) is 7.05 Å². The molecule has 1 unspecified atom stereocenters. The molecule has 82 valence electrons. The molecule has 4 heteroatoms. The van der Waals surface area contributed by atoms with Gasteiger partial charge in [0.05, 0.1) is 5.69 Å². The molecule has 0 saturated heterocycles. The van der Waals surface area contributed by atoms with Crippen LogP contribution < -0.4 is 0 Å². The summed E-state index contributed by atoms with van der Waals surface area (Å²) in [6.07, 6.45) is 1.61. The van der Waals surface area contributed by atoms with Crippen LogP contribution in [0.3, 0.4) is 0 Å². The van der Waals surface area contributed by atoms with Gasteiger partial charge in [-0.15, -0.1) is 0 Å². The van der Waals surface area contributed by atoms with Crippen LogP contribution in [-0.4, -0.2) is 20.9 Å². The fraction of sp³-hybridized carbons (Fsp3) is 0.167. The molecule has 0 spiro atoms. The summed E-state index contributed by atoms with van der Waals surface area (Å²) >= 11 is 0. The summed E-state index contributed by atoms with van der Waals surface area (Å²) in [5.41, 5.74) is 1.44. The predicted octanol–water partition coefficient (Wildman–Crippen LogP) is 1.64. The van der Waals surface area contributed by atoms with E-state index in [2.05, 4.69) is 5.10 Å². The van der Waals surface area contributed by atoms with Gasteiger partial charge in [0.1, 0.15) is 5.92 Å². The van der Waals surface area contributed by atoms with Gasteiger partial charge in [0.25, 0.3) is 0 Å². The molecule has 0 amide bonds. The minimum absolute atomic E-state index is 0.659. The molecule has 0 fully saturated rings. The average Bonchev–Trinajstić information content (AvgIpc) is 2.66. The molecule has 2 rings (SSSR count). The predicted molar refractivity (Wildman–Crippen MR) is 59.1 cm³/mol. The smallest absolute Gasteiger partial charge is 0.317 e. The summed E-state index contributed by atoms with van der Waals surface area (Å²) < 4.78 is 1.59. The molecule has 0 radical (unpaired) electrons. The van der Waals surface area contributed by atoms with Crippen molar-refractivity contribution in [3.05, 3.63) is 53.9 Å². The number of benzene rings is 1. The highest BCUT2D eigenvalue weighted by Gasteiger charge is 2.24. The van der Waals surface area contributed by atoms with Crippen LogP contribution in [0, 0.1) is 0 Å². The molecule has 0 aliphatic rings. The zero-order valence-electron chi connectivity index (χ0n) is 8.87. The minimum atomic E-state index is -0.866. The van der Waals surface area contributed by atoms with Gasteiger partial charge in [-0.25, -0.2) is 0 Å².